The molecule has 1 aliphatic carbocycles. The molecule has 0 atom stereocenters. The molecule has 4 aromatic carbocycles. The van der Waals surface area contributed by atoms with Crippen molar-refractivity contribution in [1.29, 1.82) is 0 Å². The van der Waals surface area contributed by atoms with Crippen molar-refractivity contribution in [2.24, 2.45) is 11.3 Å². The average Bonchev–Trinajstić information content (AvgIpc) is 3.28. The van der Waals surface area contributed by atoms with Crippen molar-refractivity contribution in [3.63, 3.8) is 0 Å². The van der Waals surface area contributed by atoms with Crippen LogP contribution >= 0.6 is 0 Å². The summed E-state index contributed by atoms with van der Waals surface area (Å²) in [6, 6.07) is 44.0. The van der Waals surface area contributed by atoms with E-state index in [9.17, 15) is 0 Å². The van der Waals surface area contributed by atoms with Crippen molar-refractivity contribution < 1.29 is 0 Å². The normalized spacial score (nSPS) is 14.7. The molecular weight excluding hydrogens is 408 g/mol. The van der Waals surface area contributed by atoms with Crippen LogP contribution < -0.4 is 0 Å². The lowest BCUT2D eigenvalue weighted by molar-refractivity contribution is 0.308. The summed E-state index contributed by atoms with van der Waals surface area (Å²) in [5.41, 5.74) is 10.9. The SMILES string of the molecule is CCC(C)(C)C1C(c2ccccc2)=C(c2ccccc2)C(c2ccccc2)=C1c1ccccc1. The van der Waals surface area contributed by atoms with Crippen LogP contribution in [0.5, 0.6) is 0 Å². The number of benzene rings is 4. The zero-order valence-corrected chi connectivity index (χ0v) is 20.3. The van der Waals surface area contributed by atoms with Gasteiger partial charge in [0.05, 0.1) is 0 Å². The summed E-state index contributed by atoms with van der Waals surface area (Å²) in [5, 5.41) is 0. The molecule has 0 bridgehead atoms. The molecule has 1 aliphatic rings. The van der Waals surface area contributed by atoms with Gasteiger partial charge in [0, 0.05) is 5.92 Å². The smallest absolute Gasteiger partial charge is 0.0165 e. The molecule has 5 rings (SSSR count). The van der Waals surface area contributed by atoms with Crippen LogP contribution in [0.15, 0.2) is 121 Å². The minimum atomic E-state index is 0.0763. The van der Waals surface area contributed by atoms with E-state index >= 15 is 0 Å². The highest BCUT2D eigenvalue weighted by molar-refractivity contribution is 6.28. The van der Waals surface area contributed by atoms with Crippen molar-refractivity contribution in [1.82, 2.24) is 0 Å². The van der Waals surface area contributed by atoms with Gasteiger partial charge in [0.25, 0.3) is 0 Å². The third kappa shape index (κ3) is 3.94. The fourth-order valence-corrected chi connectivity index (χ4v) is 5.35. The lowest BCUT2D eigenvalue weighted by Gasteiger charge is -2.36. The summed E-state index contributed by atoms with van der Waals surface area (Å²) >= 11 is 0. The van der Waals surface area contributed by atoms with Crippen LogP contribution in [-0.2, 0) is 0 Å². The summed E-state index contributed by atoms with van der Waals surface area (Å²) in [7, 11) is 0. The molecule has 0 aliphatic heterocycles. The summed E-state index contributed by atoms with van der Waals surface area (Å²) in [6.45, 7) is 7.19. The lowest BCUT2D eigenvalue weighted by Crippen LogP contribution is -2.24. The Kier molecular flexibility index (Phi) is 6.07. The highest BCUT2D eigenvalue weighted by atomic mass is 14.5. The van der Waals surface area contributed by atoms with E-state index in [4.69, 9.17) is 0 Å². The van der Waals surface area contributed by atoms with E-state index in [0.29, 0.717) is 0 Å². The summed E-state index contributed by atoms with van der Waals surface area (Å²) in [6.07, 6.45) is 1.09. The Hall–Kier alpha value is -3.64. The highest BCUT2D eigenvalue weighted by Gasteiger charge is 2.43. The molecule has 0 N–H and O–H groups in total. The van der Waals surface area contributed by atoms with E-state index in [1.54, 1.807) is 0 Å². The van der Waals surface area contributed by atoms with Crippen molar-refractivity contribution in [3.8, 4) is 0 Å². The summed E-state index contributed by atoms with van der Waals surface area (Å²) in [4.78, 5) is 0. The molecule has 0 spiro atoms. The maximum Gasteiger partial charge on any atom is 0.0165 e. The van der Waals surface area contributed by atoms with Crippen LogP contribution in [0.25, 0.3) is 22.3 Å². The molecule has 0 saturated carbocycles. The van der Waals surface area contributed by atoms with Gasteiger partial charge in [0.15, 0.2) is 0 Å². The van der Waals surface area contributed by atoms with Crippen LogP contribution in [0.3, 0.4) is 0 Å². The van der Waals surface area contributed by atoms with Gasteiger partial charge in [-0.15, -0.1) is 0 Å². The number of rotatable bonds is 6. The molecule has 0 nitrogen and oxygen atoms in total. The first-order valence-electron chi connectivity index (χ1n) is 12.3. The van der Waals surface area contributed by atoms with E-state index in [2.05, 4.69) is 142 Å². The van der Waals surface area contributed by atoms with Crippen LogP contribution in [-0.4, -0.2) is 0 Å². The Labute approximate surface area is 204 Å². The third-order valence-electron chi connectivity index (χ3n) is 7.35. The van der Waals surface area contributed by atoms with E-state index in [1.165, 1.54) is 44.5 Å². The molecule has 0 heterocycles. The monoisotopic (exact) mass is 440 g/mol. The molecule has 0 unspecified atom stereocenters. The second kappa shape index (κ2) is 9.31. The van der Waals surface area contributed by atoms with E-state index in [-0.39, 0.29) is 11.3 Å². The first-order chi connectivity index (χ1) is 16.6. The maximum absolute atomic E-state index is 2.43. The van der Waals surface area contributed by atoms with Gasteiger partial charge in [-0.1, -0.05) is 149 Å². The molecule has 168 valence electrons. The van der Waals surface area contributed by atoms with Crippen LogP contribution in [0.2, 0.25) is 0 Å². The molecular formula is C34H32. The molecule has 0 heteroatoms. The molecule has 0 saturated heterocycles. The van der Waals surface area contributed by atoms with E-state index in [1.807, 2.05) is 0 Å². The summed E-state index contributed by atoms with van der Waals surface area (Å²) < 4.78 is 0. The average molecular weight is 441 g/mol. The van der Waals surface area contributed by atoms with Crippen molar-refractivity contribution in [3.05, 3.63) is 144 Å². The van der Waals surface area contributed by atoms with Gasteiger partial charge >= 0.3 is 0 Å². The van der Waals surface area contributed by atoms with Gasteiger partial charge < -0.3 is 0 Å². The Bertz CT molecular complexity index is 1210. The Morgan fingerprint density at radius 3 is 1.06 bits per heavy atom. The zero-order valence-electron chi connectivity index (χ0n) is 20.3. The molecule has 0 aromatic heterocycles. The lowest BCUT2D eigenvalue weighted by atomic mass is 9.68. The topological polar surface area (TPSA) is 0 Å². The fourth-order valence-electron chi connectivity index (χ4n) is 5.35. The van der Waals surface area contributed by atoms with Crippen LogP contribution in [0.1, 0.15) is 49.4 Å². The third-order valence-corrected chi connectivity index (χ3v) is 7.35. The van der Waals surface area contributed by atoms with Gasteiger partial charge in [0.2, 0.25) is 0 Å². The highest BCUT2D eigenvalue weighted by Crippen LogP contribution is 2.60. The largest absolute Gasteiger partial charge is 0.0648 e. The molecule has 4 aromatic rings. The van der Waals surface area contributed by atoms with Crippen molar-refractivity contribution in [2.75, 3.05) is 0 Å². The van der Waals surface area contributed by atoms with Crippen molar-refractivity contribution >= 4 is 22.3 Å². The van der Waals surface area contributed by atoms with Crippen LogP contribution in [0, 0.1) is 11.3 Å². The number of allylic oxidation sites excluding steroid dienone is 4. The minimum Gasteiger partial charge on any atom is -0.0648 e. The molecule has 0 fully saturated rings. The Morgan fingerprint density at radius 1 is 0.471 bits per heavy atom. The Balaban J connectivity index is 1.95. The first-order valence-corrected chi connectivity index (χ1v) is 12.3. The van der Waals surface area contributed by atoms with Gasteiger partial charge in [0.1, 0.15) is 0 Å². The maximum atomic E-state index is 2.43. The van der Waals surface area contributed by atoms with E-state index < -0.39 is 0 Å². The molecule has 0 amide bonds. The summed E-state index contributed by atoms with van der Waals surface area (Å²) in [5.74, 6) is 0.271. The number of hydrogen-bond donors (Lipinski definition) is 0. The second-order valence-electron chi connectivity index (χ2n) is 9.82. The van der Waals surface area contributed by atoms with Crippen LogP contribution in [0.4, 0.5) is 0 Å². The standard InChI is InChI=1S/C34H32/c1-4-34(2,3)33-31(27-21-13-7-14-22-27)29(25-17-9-5-10-18-25)30(26-19-11-6-12-20-26)32(33)28-23-15-8-16-24-28/h5-24,33H,4H2,1-3H3. The van der Waals surface area contributed by atoms with E-state index in [0.717, 1.165) is 6.42 Å². The van der Waals surface area contributed by atoms with Gasteiger partial charge in [-0.3, -0.25) is 0 Å². The first kappa shape index (κ1) is 22.2. The fraction of sp³-hybridized carbons (Fsp3) is 0.176. The second-order valence-corrected chi connectivity index (χ2v) is 9.82. The molecule has 0 radical (unpaired) electrons. The predicted octanol–water partition coefficient (Wildman–Crippen LogP) is 9.27. The molecule has 34 heavy (non-hydrogen) atoms. The zero-order chi connectivity index (χ0) is 23.5. The predicted molar refractivity (Wildman–Crippen MR) is 147 cm³/mol. The minimum absolute atomic E-state index is 0.0763. The Morgan fingerprint density at radius 2 is 0.765 bits per heavy atom. The van der Waals surface area contributed by atoms with Gasteiger partial charge in [-0.25, -0.2) is 0 Å². The van der Waals surface area contributed by atoms with Gasteiger partial charge in [-0.2, -0.15) is 0 Å². The quantitative estimate of drug-likeness (QED) is 0.280. The van der Waals surface area contributed by atoms with Crippen molar-refractivity contribution in [2.45, 2.75) is 27.2 Å². The van der Waals surface area contributed by atoms with Gasteiger partial charge in [-0.05, 0) is 50.0 Å². The number of hydrogen-bond acceptors (Lipinski definition) is 0.